The number of aryl methyl sites for hydroxylation is 2. The van der Waals surface area contributed by atoms with Gasteiger partial charge in [-0.25, -0.2) is 8.42 Å². The largest absolute Gasteiger partial charge is 0.351 e. The fraction of sp³-hybridized carbons (Fsp3) is 0.188. The molecule has 0 radical (unpaired) electrons. The first-order valence-corrected chi connectivity index (χ1v) is 15.7. The van der Waals surface area contributed by atoms with Gasteiger partial charge >= 0.3 is 0 Å². The van der Waals surface area contributed by atoms with Gasteiger partial charge in [0.05, 0.1) is 35.4 Å². The Balaban J connectivity index is 1.51. The zero-order valence-corrected chi connectivity index (χ0v) is 24.9. The molecule has 2 N–H and O–H groups in total. The number of pyridine rings is 1. The van der Waals surface area contributed by atoms with E-state index < -0.39 is 10.0 Å². The third-order valence-corrected chi connectivity index (χ3v) is 8.58. The average molecular weight is 582 g/mol. The molecular weight excluding hydrogens is 551 g/mol. The maximum absolute atomic E-state index is 11.9. The smallest absolute Gasteiger partial charge is 0.229 e. The lowest BCUT2D eigenvalue weighted by molar-refractivity contribution is 0.565. The Hall–Kier alpha value is -4.21. The number of hydrogen-bond acceptors (Lipinski definition) is 4. The first-order chi connectivity index (χ1) is 19.6. The highest BCUT2D eigenvalue weighted by Crippen LogP contribution is 2.44. The highest BCUT2D eigenvalue weighted by Gasteiger charge is 2.42. The van der Waals surface area contributed by atoms with Crippen LogP contribution in [0.3, 0.4) is 0 Å². The van der Waals surface area contributed by atoms with Crippen molar-refractivity contribution in [3.63, 3.8) is 0 Å². The maximum atomic E-state index is 11.9. The topological polar surface area (TPSA) is 79.3 Å². The van der Waals surface area contributed by atoms with E-state index in [0.717, 1.165) is 45.8 Å². The maximum Gasteiger partial charge on any atom is 0.229 e. The fourth-order valence-electron chi connectivity index (χ4n) is 5.92. The molecule has 208 valence electrons. The van der Waals surface area contributed by atoms with Crippen LogP contribution in [0, 0.1) is 20.8 Å². The molecule has 2 aromatic heterocycles. The van der Waals surface area contributed by atoms with Crippen LogP contribution >= 0.6 is 12.2 Å². The standard InChI is InChI=1S/C32H31N5O2S2/c1-20-18-24(15-16-27(20)35-41(4,38)39)37-31(30(34-32(37)40)28-13-7-8-17-33-28)26-19-21(2)36(22(26)3)29-14-9-11-23-10-5-6-12-25(23)29/h5-19,30-31,35H,1-4H3,(H,34,40)/t30-,31+/m1/s1. The molecule has 9 heteroatoms. The molecule has 3 heterocycles. The number of rotatable bonds is 6. The van der Waals surface area contributed by atoms with Crippen LogP contribution in [0.25, 0.3) is 16.5 Å². The van der Waals surface area contributed by atoms with Gasteiger partial charge in [-0.3, -0.25) is 9.71 Å². The Bertz CT molecular complexity index is 1900. The Labute approximate surface area is 245 Å². The zero-order valence-electron chi connectivity index (χ0n) is 23.3. The second-order valence-corrected chi connectivity index (χ2v) is 12.7. The summed E-state index contributed by atoms with van der Waals surface area (Å²) in [4.78, 5) is 6.82. The highest BCUT2D eigenvalue weighted by atomic mass is 32.2. The quantitative estimate of drug-likeness (QED) is 0.223. The van der Waals surface area contributed by atoms with Crippen LogP contribution in [0.15, 0.2) is 91.1 Å². The summed E-state index contributed by atoms with van der Waals surface area (Å²) in [7, 11) is -3.40. The molecule has 0 spiro atoms. The lowest BCUT2D eigenvalue weighted by atomic mass is 9.96. The molecule has 0 amide bonds. The van der Waals surface area contributed by atoms with E-state index in [4.69, 9.17) is 17.2 Å². The van der Waals surface area contributed by atoms with Crippen molar-refractivity contribution in [2.24, 2.45) is 0 Å². The third-order valence-electron chi connectivity index (χ3n) is 7.68. The molecule has 0 saturated carbocycles. The summed E-state index contributed by atoms with van der Waals surface area (Å²) in [5, 5.41) is 6.50. The first-order valence-electron chi connectivity index (χ1n) is 13.4. The van der Waals surface area contributed by atoms with Crippen molar-refractivity contribution >= 4 is 49.5 Å². The molecule has 1 fully saturated rings. The minimum Gasteiger partial charge on any atom is -0.351 e. The average Bonchev–Trinajstić information content (AvgIpc) is 3.44. The van der Waals surface area contributed by atoms with Crippen molar-refractivity contribution in [3.8, 4) is 5.69 Å². The number of hydrogen-bond donors (Lipinski definition) is 2. The fourth-order valence-corrected chi connectivity index (χ4v) is 6.90. The van der Waals surface area contributed by atoms with Gasteiger partial charge in [0.15, 0.2) is 5.11 Å². The van der Waals surface area contributed by atoms with Crippen LogP contribution in [0.5, 0.6) is 0 Å². The van der Waals surface area contributed by atoms with Gasteiger partial charge in [0, 0.05) is 28.7 Å². The predicted molar refractivity (Wildman–Crippen MR) is 170 cm³/mol. The molecule has 0 aliphatic carbocycles. The summed E-state index contributed by atoms with van der Waals surface area (Å²) in [6, 6.07) is 28.3. The monoisotopic (exact) mass is 581 g/mol. The number of aromatic nitrogens is 2. The van der Waals surface area contributed by atoms with E-state index in [0.29, 0.717) is 10.8 Å². The molecule has 1 saturated heterocycles. The molecule has 41 heavy (non-hydrogen) atoms. The van der Waals surface area contributed by atoms with Crippen molar-refractivity contribution in [2.45, 2.75) is 32.9 Å². The summed E-state index contributed by atoms with van der Waals surface area (Å²) in [5.41, 5.74) is 7.61. The van der Waals surface area contributed by atoms with E-state index in [-0.39, 0.29) is 12.1 Å². The van der Waals surface area contributed by atoms with Gasteiger partial charge in [0.2, 0.25) is 10.0 Å². The number of nitrogens with one attached hydrogen (secondary N) is 2. The minimum absolute atomic E-state index is 0.194. The van der Waals surface area contributed by atoms with Crippen molar-refractivity contribution in [2.75, 3.05) is 15.9 Å². The number of anilines is 2. The van der Waals surface area contributed by atoms with E-state index in [1.54, 1.807) is 12.3 Å². The van der Waals surface area contributed by atoms with Crippen LogP contribution < -0.4 is 14.9 Å². The molecule has 7 nitrogen and oxygen atoms in total. The highest BCUT2D eigenvalue weighted by molar-refractivity contribution is 7.92. The van der Waals surface area contributed by atoms with E-state index >= 15 is 0 Å². The van der Waals surface area contributed by atoms with Crippen molar-refractivity contribution in [3.05, 3.63) is 119 Å². The molecule has 2 atom stereocenters. The van der Waals surface area contributed by atoms with Gasteiger partial charge in [-0.2, -0.15) is 0 Å². The molecule has 5 aromatic rings. The van der Waals surface area contributed by atoms with E-state index in [1.807, 2.05) is 37.3 Å². The second-order valence-electron chi connectivity index (χ2n) is 10.5. The summed E-state index contributed by atoms with van der Waals surface area (Å²) < 4.78 is 28.7. The Morgan fingerprint density at radius 2 is 1.68 bits per heavy atom. The summed E-state index contributed by atoms with van der Waals surface area (Å²) in [5.74, 6) is 0. The van der Waals surface area contributed by atoms with Crippen molar-refractivity contribution in [1.82, 2.24) is 14.9 Å². The third kappa shape index (κ3) is 4.96. The normalized spacial score (nSPS) is 17.2. The number of nitrogens with zero attached hydrogens (tertiary/aromatic N) is 3. The summed E-state index contributed by atoms with van der Waals surface area (Å²) in [6.45, 7) is 6.18. The summed E-state index contributed by atoms with van der Waals surface area (Å²) >= 11 is 5.95. The van der Waals surface area contributed by atoms with Crippen LogP contribution in [0.2, 0.25) is 0 Å². The molecule has 0 bridgehead atoms. The lowest BCUT2D eigenvalue weighted by Crippen LogP contribution is -2.29. The van der Waals surface area contributed by atoms with Crippen molar-refractivity contribution in [1.29, 1.82) is 0 Å². The molecular formula is C32H31N5O2S2. The molecule has 1 aliphatic heterocycles. The number of fused-ring (bicyclic) bond motifs is 1. The van der Waals surface area contributed by atoms with Gasteiger partial charge in [0.1, 0.15) is 0 Å². The molecule has 0 unspecified atom stereocenters. The van der Waals surface area contributed by atoms with Crippen molar-refractivity contribution < 1.29 is 8.42 Å². The van der Waals surface area contributed by atoms with Crippen LogP contribution in [0.1, 0.15) is 40.3 Å². The molecule has 3 aromatic carbocycles. The summed E-state index contributed by atoms with van der Waals surface area (Å²) in [6.07, 6.45) is 2.95. The van der Waals surface area contributed by atoms with Gasteiger partial charge in [-0.15, -0.1) is 0 Å². The Kier molecular flexibility index (Phi) is 6.79. The Morgan fingerprint density at radius 3 is 2.41 bits per heavy atom. The molecule has 1 aliphatic rings. The van der Waals surface area contributed by atoms with E-state index in [2.05, 4.69) is 81.9 Å². The van der Waals surface area contributed by atoms with Gasteiger partial charge in [-0.05, 0) is 92.0 Å². The van der Waals surface area contributed by atoms with E-state index in [9.17, 15) is 8.42 Å². The van der Waals surface area contributed by atoms with Crippen LogP contribution in [0.4, 0.5) is 11.4 Å². The Morgan fingerprint density at radius 1 is 0.927 bits per heavy atom. The molecule has 6 rings (SSSR count). The van der Waals surface area contributed by atoms with Gasteiger partial charge < -0.3 is 14.8 Å². The number of sulfonamides is 1. The number of thiocarbonyl (C=S) groups is 1. The SMILES string of the molecule is Cc1cc(N2C(=S)N[C@H](c3ccccn3)[C@@H]2c2cc(C)n(-c3cccc4ccccc34)c2C)ccc1NS(C)(=O)=O. The predicted octanol–water partition coefficient (Wildman–Crippen LogP) is 6.50. The van der Waals surface area contributed by atoms with Crippen LogP contribution in [-0.2, 0) is 10.0 Å². The number of benzene rings is 3. The van der Waals surface area contributed by atoms with Gasteiger partial charge in [-0.1, -0.05) is 42.5 Å². The first kappa shape index (κ1) is 27.0. The lowest BCUT2D eigenvalue weighted by Gasteiger charge is -2.29. The second kappa shape index (κ2) is 10.3. The van der Waals surface area contributed by atoms with Gasteiger partial charge in [0.25, 0.3) is 0 Å². The zero-order chi connectivity index (χ0) is 28.9. The van der Waals surface area contributed by atoms with Crippen LogP contribution in [-0.4, -0.2) is 29.3 Å². The van der Waals surface area contributed by atoms with E-state index in [1.165, 1.54) is 10.8 Å². The minimum atomic E-state index is -3.40.